The Morgan fingerprint density at radius 1 is 1.33 bits per heavy atom. The van der Waals surface area contributed by atoms with Crippen molar-refractivity contribution in [3.8, 4) is 0 Å². The van der Waals surface area contributed by atoms with Crippen molar-refractivity contribution in [3.63, 3.8) is 0 Å². The van der Waals surface area contributed by atoms with E-state index in [0.29, 0.717) is 5.54 Å². The van der Waals surface area contributed by atoms with Crippen LogP contribution in [-0.2, 0) is 9.16 Å². The van der Waals surface area contributed by atoms with E-state index < -0.39 is 38.5 Å². The van der Waals surface area contributed by atoms with Crippen molar-refractivity contribution >= 4 is 14.1 Å². The molecule has 0 amide bonds. The minimum atomic E-state index is -1.93. The molecule has 1 saturated heterocycles. The van der Waals surface area contributed by atoms with Gasteiger partial charge in [0, 0.05) is 6.20 Å². The van der Waals surface area contributed by atoms with E-state index in [1.807, 2.05) is 0 Å². The van der Waals surface area contributed by atoms with E-state index in [-0.39, 0.29) is 12.4 Å². The van der Waals surface area contributed by atoms with Crippen molar-refractivity contribution in [2.24, 2.45) is 11.8 Å². The minimum Gasteiger partial charge on any atom is -0.414 e. The standard InChI is InChI=1S/C18H29N3O5Si/c1-27(2,13-8-10-3-4-11(13)7-10)25-9-12-15(22)16(23)17(26-12)21-6-5-14(19)20-18(21)24/h5-6,10-13,15-17,22-23H,3-4,7-9H2,1-2H3,(H2,19,20,24). The summed E-state index contributed by atoms with van der Waals surface area (Å²) in [6, 6.07) is 1.46. The Bertz CT molecular complexity index is 757. The SMILES string of the molecule is C[Si](C)(OCC1OC(n2ccc(N)nc2=O)C(O)C1O)C1CC2CCC1C2. The molecule has 2 aliphatic carbocycles. The number of fused-ring (bicyclic) bond motifs is 2. The van der Waals surface area contributed by atoms with Crippen molar-refractivity contribution in [1.82, 2.24) is 9.55 Å². The lowest BCUT2D eigenvalue weighted by Gasteiger charge is -2.36. The fourth-order valence-electron chi connectivity index (χ4n) is 5.22. The molecule has 9 heteroatoms. The molecule has 1 aliphatic heterocycles. The average Bonchev–Trinajstić information content (AvgIpc) is 3.31. The molecule has 0 spiro atoms. The number of hydrogen-bond donors (Lipinski definition) is 3. The third-order valence-electron chi connectivity index (χ3n) is 6.71. The zero-order chi connectivity index (χ0) is 19.3. The first-order valence-electron chi connectivity index (χ1n) is 9.76. The van der Waals surface area contributed by atoms with Crippen LogP contribution in [0.2, 0.25) is 18.6 Å². The molecule has 4 rings (SSSR count). The summed E-state index contributed by atoms with van der Waals surface area (Å²) in [6.07, 6.45) is 2.65. The topological polar surface area (TPSA) is 120 Å². The van der Waals surface area contributed by atoms with Gasteiger partial charge in [0.15, 0.2) is 14.5 Å². The first-order chi connectivity index (χ1) is 12.8. The second-order valence-electron chi connectivity index (χ2n) is 8.78. The molecule has 0 radical (unpaired) electrons. The van der Waals surface area contributed by atoms with Gasteiger partial charge in [0.25, 0.3) is 0 Å². The highest BCUT2D eigenvalue weighted by molar-refractivity contribution is 6.72. The lowest BCUT2D eigenvalue weighted by atomic mass is 10.0. The molecule has 8 nitrogen and oxygen atoms in total. The first-order valence-corrected chi connectivity index (χ1v) is 12.7. The van der Waals surface area contributed by atoms with Gasteiger partial charge in [-0.2, -0.15) is 4.98 Å². The number of rotatable bonds is 5. The second kappa shape index (κ2) is 6.96. The number of aromatic nitrogens is 2. The van der Waals surface area contributed by atoms with Crippen LogP contribution in [0.3, 0.4) is 0 Å². The van der Waals surface area contributed by atoms with Gasteiger partial charge >= 0.3 is 5.69 Å². The van der Waals surface area contributed by atoms with Crippen LogP contribution in [0.4, 0.5) is 5.82 Å². The molecule has 3 aliphatic rings. The summed E-state index contributed by atoms with van der Waals surface area (Å²) in [5.41, 5.74) is 5.54. The monoisotopic (exact) mass is 395 g/mol. The van der Waals surface area contributed by atoms with E-state index in [1.165, 1.54) is 37.9 Å². The van der Waals surface area contributed by atoms with Crippen LogP contribution < -0.4 is 11.4 Å². The average molecular weight is 396 g/mol. The number of hydrogen-bond acceptors (Lipinski definition) is 7. The number of nitrogen functional groups attached to an aromatic ring is 1. The molecule has 27 heavy (non-hydrogen) atoms. The highest BCUT2D eigenvalue weighted by Crippen LogP contribution is 2.55. The third kappa shape index (κ3) is 3.47. The number of ether oxygens (including phenoxy) is 1. The van der Waals surface area contributed by atoms with E-state index in [2.05, 4.69) is 18.1 Å². The maximum absolute atomic E-state index is 12.0. The first kappa shape index (κ1) is 19.1. The third-order valence-corrected chi connectivity index (χ3v) is 10.1. The van der Waals surface area contributed by atoms with E-state index in [9.17, 15) is 15.0 Å². The number of nitrogens with zero attached hydrogens (tertiary/aromatic N) is 2. The van der Waals surface area contributed by atoms with Crippen molar-refractivity contribution in [3.05, 3.63) is 22.7 Å². The summed E-state index contributed by atoms with van der Waals surface area (Å²) in [5, 5.41) is 20.8. The summed E-state index contributed by atoms with van der Waals surface area (Å²) in [4.78, 5) is 15.7. The second-order valence-corrected chi connectivity index (χ2v) is 13.0. The number of aliphatic hydroxyl groups excluding tert-OH is 2. The van der Waals surface area contributed by atoms with Crippen molar-refractivity contribution in [2.45, 2.75) is 68.9 Å². The molecular formula is C18H29N3O5Si. The Kier molecular flexibility index (Phi) is 4.92. The lowest BCUT2D eigenvalue weighted by molar-refractivity contribution is -0.0529. The maximum Gasteiger partial charge on any atom is 0.351 e. The zero-order valence-electron chi connectivity index (χ0n) is 15.8. The van der Waals surface area contributed by atoms with Crippen molar-refractivity contribution < 1.29 is 19.4 Å². The van der Waals surface area contributed by atoms with Crippen LogP contribution in [0.25, 0.3) is 0 Å². The van der Waals surface area contributed by atoms with E-state index in [4.69, 9.17) is 14.9 Å². The molecule has 1 aromatic heterocycles. The Morgan fingerprint density at radius 3 is 2.74 bits per heavy atom. The molecule has 2 heterocycles. The van der Waals surface area contributed by atoms with Gasteiger partial charge in [-0.15, -0.1) is 0 Å². The van der Waals surface area contributed by atoms with Crippen LogP contribution >= 0.6 is 0 Å². The number of anilines is 1. The fourth-order valence-corrected chi connectivity index (χ4v) is 8.36. The van der Waals surface area contributed by atoms with Gasteiger partial charge < -0.3 is 25.1 Å². The summed E-state index contributed by atoms with van der Waals surface area (Å²) in [6.45, 7) is 4.70. The highest BCUT2D eigenvalue weighted by Gasteiger charge is 2.50. The van der Waals surface area contributed by atoms with E-state index in [0.717, 1.165) is 16.4 Å². The minimum absolute atomic E-state index is 0.0998. The summed E-state index contributed by atoms with van der Waals surface area (Å²) in [7, 11) is -1.93. The van der Waals surface area contributed by atoms with Crippen LogP contribution in [0, 0.1) is 11.8 Å². The summed E-state index contributed by atoms with van der Waals surface area (Å²) < 4.78 is 13.3. The van der Waals surface area contributed by atoms with Crippen molar-refractivity contribution in [2.75, 3.05) is 12.3 Å². The summed E-state index contributed by atoms with van der Waals surface area (Å²) in [5.74, 6) is 1.74. The van der Waals surface area contributed by atoms with Gasteiger partial charge in [-0.3, -0.25) is 4.57 Å². The molecular weight excluding hydrogens is 366 g/mol. The number of nitrogens with two attached hydrogens (primary N) is 1. The van der Waals surface area contributed by atoms with E-state index in [1.54, 1.807) is 0 Å². The molecule has 4 N–H and O–H groups in total. The van der Waals surface area contributed by atoms with Gasteiger partial charge in [-0.1, -0.05) is 12.8 Å². The fraction of sp³-hybridized carbons (Fsp3) is 0.778. The summed E-state index contributed by atoms with van der Waals surface area (Å²) >= 11 is 0. The lowest BCUT2D eigenvalue weighted by Crippen LogP contribution is -2.43. The Balaban J connectivity index is 1.41. The van der Waals surface area contributed by atoms with Gasteiger partial charge in [-0.05, 0) is 49.4 Å². The Hall–Kier alpha value is -1.26. The predicted octanol–water partition coefficient (Wildman–Crippen LogP) is 0.857. The predicted molar refractivity (Wildman–Crippen MR) is 101 cm³/mol. The Labute approximate surface area is 159 Å². The number of aliphatic hydroxyl groups is 2. The molecule has 2 bridgehead atoms. The smallest absolute Gasteiger partial charge is 0.351 e. The van der Waals surface area contributed by atoms with Gasteiger partial charge in [0.1, 0.15) is 24.1 Å². The maximum atomic E-state index is 12.0. The van der Waals surface area contributed by atoms with Crippen LogP contribution in [0.5, 0.6) is 0 Å². The molecule has 0 aromatic carbocycles. The molecule has 7 unspecified atom stereocenters. The molecule has 1 aromatic rings. The zero-order valence-corrected chi connectivity index (χ0v) is 16.8. The van der Waals surface area contributed by atoms with Crippen molar-refractivity contribution in [1.29, 1.82) is 0 Å². The van der Waals surface area contributed by atoms with Crippen LogP contribution in [0.1, 0.15) is 31.9 Å². The molecule has 3 fully saturated rings. The van der Waals surface area contributed by atoms with E-state index >= 15 is 0 Å². The Morgan fingerprint density at radius 2 is 2.11 bits per heavy atom. The largest absolute Gasteiger partial charge is 0.414 e. The van der Waals surface area contributed by atoms with Gasteiger partial charge in [0.05, 0.1) is 6.61 Å². The van der Waals surface area contributed by atoms with Gasteiger partial charge in [-0.25, -0.2) is 4.79 Å². The van der Waals surface area contributed by atoms with Crippen LogP contribution in [0.15, 0.2) is 17.1 Å². The molecule has 7 atom stereocenters. The quantitative estimate of drug-likeness (QED) is 0.632. The molecule has 150 valence electrons. The molecule has 2 saturated carbocycles. The highest BCUT2D eigenvalue weighted by atomic mass is 28.4. The normalized spacial score (nSPS) is 38.6. The van der Waals surface area contributed by atoms with Crippen LogP contribution in [-0.4, -0.2) is 53.0 Å². The van der Waals surface area contributed by atoms with Gasteiger partial charge in [0.2, 0.25) is 0 Å².